The number of anilines is 1. The van der Waals surface area contributed by atoms with Crippen molar-refractivity contribution in [2.24, 2.45) is 0 Å². The van der Waals surface area contributed by atoms with Crippen molar-refractivity contribution in [3.63, 3.8) is 0 Å². The normalized spacial score (nSPS) is 24.0. The summed E-state index contributed by atoms with van der Waals surface area (Å²) in [6.45, 7) is 8.13. The summed E-state index contributed by atoms with van der Waals surface area (Å²) in [5, 5.41) is 14.2. The van der Waals surface area contributed by atoms with Gasteiger partial charge >= 0.3 is 12.3 Å². The second-order valence-corrected chi connectivity index (χ2v) is 12.6. The Hall–Kier alpha value is -3.34. The number of halogens is 3. The maximum Gasteiger partial charge on any atom is 0.419 e. The van der Waals surface area contributed by atoms with Crippen LogP contribution in [-0.4, -0.2) is 61.4 Å². The van der Waals surface area contributed by atoms with Gasteiger partial charge in [-0.1, -0.05) is 18.2 Å². The molecule has 1 amide bonds. The third-order valence-electron chi connectivity index (χ3n) is 8.01. The van der Waals surface area contributed by atoms with E-state index in [1.54, 1.807) is 37.9 Å². The molecule has 2 aliphatic rings. The number of amides is 1. The third kappa shape index (κ3) is 6.60. The predicted molar refractivity (Wildman–Crippen MR) is 151 cm³/mol. The number of carbonyl (C=O) groups excluding carboxylic acids is 1. The Morgan fingerprint density at radius 3 is 2.61 bits per heavy atom. The lowest BCUT2D eigenvalue weighted by atomic mass is 9.76. The Labute approximate surface area is 237 Å². The molecule has 1 aliphatic heterocycles. The van der Waals surface area contributed by atoms with Crippen LogP contribution in [0.5, 0.6) is 0 Å². The highest BCUT2D eigenvalue weighted by atomic mass is 19.4. The second kappa shape index (κ2) is 10.8. The summed E-state index contributed by atoms with van der Waals surface area (Å²) in [7, 11) is 0. The van der Waals surface area contributed by atoms with E-state index in [2.05, 4.69) is 20.3 Å². The summed E-state index contributed by atoms with van der Waals surface area (Å²) in [5.74, 6) is 0.276. The zero-order valence-corrected chi connectivity index (χ0v) is 23.9. The van der Waals surface area contributed by atoms with E-state index in [4.69, 9.17) is 4.74 Å². The van der Waals surface area contributed by atoms with Crippen LogP contribution in [0, 0.1) is 0 Å². The molecule has 0 radical (unpaired) electrons. The zero-order chi connectivity index (χ0) is 29.6. The molecule has 8 nitrogen and oxygen atoms in total. The van der Waals surface area contributed by atoms with Crippen LogP contribution in [0.3, 0.4) is 0 Å². The van der Waals surface area contributed by atoms with Crippen LogP contribution < -0.4 is 5.32 Å². The summed E-state index contributed by atoms with van der Waals surface area (Å²) in [6, 6.07) is 5.44. The van der Waals surface area contributed by atoms with E-state index in [0.717, 1.165) is 30.1 Å². The number of hydrogen-bond acceptors (Lipinski definition) is 6. The smallest absolute Gasteiger partial charge is 0.419 e. The summed E-state index contributed by atoms with van der Waals surface area (Å²) >= 11 is 0. The van der Waals surface area contributed by atoms with Gasteiger partial charge in [0, 0.05) is 48.0 Å². The van der Waals surface area contributed by atoms with E-state index in [1.165, 1.54) is 0 Å². The van der Waals surface area contributed by atoms with Gasteiger partial charge in [-0.2, -0.15) is 13.2 Å². The van der Waals surface area contributed by atoms with Crippen molar-refractivity contribution < 1.29 is 27.8 Å². The van der Waals surface area contributed by atoms with E-state index < -0.39 is 29.0 Å². The molecule has 41 heavy (non-hydrogen) atoms. The van der Waals surface area contributed by atoms with Crippen LogP contribution in [0.1, 0.15) is 83.3 Å². The average molecular weight is 574 g/mol. The Morgan fingerprint density at radius 2 is 1.93 bits per heavy atom. The fourth-order valence-electron chi connectivity index (χ4n) is 5.90. The molecule has 1 unspecified atom stereocenters. The van der Waals surface area contributed by atoms with E-state index in [0.29, 0.717) is 49.7 Å². The molecule has 222 valence electrons. The average Bonchev–Trinajstić information content (AvgIpc) is 3.32. The van der Waals surface area contributed by atoms with Crippen molar-refractivity contribution in [3.8, 4) is 11.3 Å². The number of aromatic nitrogens is 3. The van der Waals surface area contributed by atoms with Crippen molar-refractivity contribution in [2.45, 2.75) is 95.6 Å². The lowest BCUT2D eigenvalue weighted by molar-refractivity contribution is -0.137. The zero-order valence-electron chi connectivity index (χ0n) is 23.9. The number of nitrogens with one attached hydrogen (secondary N) is 2. The molecular weight excluding hydrogens is 535 g/mol. The number of para-hydroxylation sites is 1. The van der Waals surface area contributed by atoms with E-state index in [-0.39, 0.29) is 23.6 Å². The van der Waals surface area contributed by atoms with Crippen molar-refractivity contribution in [1.82, 2.24) is 19.9 Å². The highest BCUT2D eigenvalue weighted by Gasteiger charge is 2.37. The van der Waals surface area contributed by atoms with Crippen molar-refractivity contribution >= 4 is 22.9 Å². The van der Waals surface area contributed by atoms with Gasteiger partial charge in [-0.25, -0.2) is 14.8 Å². The fraction of sp³-hybridized carbons (Fsp3) is 0.567. The molecule has 2 aromatic heterocycles. The Bertz CT molecular complexity index is 1400. The predicted octanol–water partition coefficient (Wildman–Crippen LogP) is 6.86. The summed E-state index contributed by atoms with van der Waals surface area (Å²) < 4.78 is 48.0. The number of hydrogen-bond donors (Lipinski definition) is 3. The number of nitrogens with zero attached hydrogens (tertiary/aromatic N) is 3. The first-order valence-electron chi connectivity index (χ1n) is 14.2. The van der Waals surface area contributed by atoms with E-state index in [9.17, 15) is 23.1 Å². The van der Waals surface area contributed by atoms with Gasteiger partial charge in [-0.3, -0.25) is 0 Å². The van der Waals surface area contributed by atoms with Crippen LogP contribution >= 0.6 is 0 Å². The van der Waals surface area contributed by atoms with Gasteiger partial charge < -0.3 is 25.0 Å². The van der Waals surface area contributed by atoms with Crippen molar-refractivity contribution in [3.05, 3.63) is 41.7 Å². The Morgan fingerprint density at radius 1 is 1.20 bits per heavy atom. The monoisotopic (exact) mass is 573 g/mol. The number of carbonyl (C=O) groups is 1. The van der Waals surface area contributed by atoms with Crippen LogP contribution in [0.4, 0.5) is 23.9 Å². The van der Waals surface area contributed by atoms with E-state index >= 15 is 0 Å². The molecule has 5 rings (SSSR count). The van der Waals surface area contributed by atoms with Gasteiger partial charge in [0.25, 0.3) is 0 Å². The Balaban J connectivity index is 1.44. The number of benzene rings is 1. The van der Waals surface area contributed by atoms with Gasteiger partial charge in [0.15, 0.2) is 0 Å². The number of aliphatic hydroxyl groups is 1. The van der Waals surface area contributed by atoms with Gasteiger partial charge in [0.05, 0.1) is 11.3 Å². The van der Waals surface area contributed by atoms with Crippen LogP contribution in [0.15, 0.2) is 30.6 Å². The third-order valence-corrected chi connectivity index (χ3v) is 8.01. The molecule has 1 aliphatic carbocycles. The van der Waals surface area contributed by atoms with Crippen LogP contribution in [0.2, 0.25) is 0 Å². The van der Waals surface area contributed by atoms with Crippen LogP contribution in [-0.2, 0) is 10.9 Å². The standard InChI is InChI=1S/C30H38F3N5O3/c1-28(2,3)41-27(39)38-14-6-7-19(17-38)36-26-35-16-23(30(31,32)33)25(37-26)22-15-34-24-20(8-5-9-21(22)24)18-10-12-29(4,40)13-11-18/h5,8-9,15-16,18-19,34,40H,6-7,10-14,17H2,1-4H3,(H,35,36,37). The topological polar surface area (TPSA) is 103 Å². The molecule has 0 spiro atoms. The minimum absolute atomic E-state index is 0.0732. The molecule has 0 bridgehead atoms. The molecule has 11 heteroatoms. The lowest BCUT2D eigenvalue weighted by Crippen LogP contribution is -2.47. The molecule has 1 aromatic carbocycles. The summed E-state index contributed by atoms with van der Waals surface area (Å²) in [4.78, 5) is 25.8. The van der Waals surface area contributed by atoms with Gasteiger partial charge in [0.1, 0.15) is 11.2 Å². The number of rotatable bonds is 4. The molecule has 1 saturated heterocycles. The quantitative estimate of drug-likeness (QED) is 0.315. The van der Waals surface area contributed by atoms with Gasteiger partial charge in [-0.05, 0) is 77.7 Å². The van der Waals surface area contributed by atoms with Crippen LogP contribution in [0.25, 0.3) is 22.2 Å². The number of alkyl halides is 3. The molecule has 3 N–H and O–H groups in total. The number of piperidine rings is 1. The molecule has 1 saturated carbocycles. The molecule has 3 aromatic rings. The number of likely N-dealkylation sites (tertiary alicyclic amines) is 1. The molecule has 2 fully saturated rings. The maximum absolute atomic E-state index is 14.2. The number of aromatic amines is 1. The lowest BCUT2D eigenvalue weighted by Gasteiger charge is -2.34. The number of ether oxygens (including phenoxy) is 1. The molecular formula is C30H38F3N5O3. The second-order valence-electron chi connectivity index (χ2n) is 12.6. The SMILES string of the molecule is CC1(O)CCC(c2cccc3c(-c4nc(NC5CCCN(C(=O)OC(C)(C)C)C5)ncc4C(F)(F)F)c[nH]c23)CC1. The Kier molecular flexibility index (Phi) is 7.69. The minimum Gasteiger partial charge on any atom is -0.444 e. The van der Waals surface area contributed by atoms with E-state index in [1.807, 2.05) is 19.1 Å². The highest BCUT2D eigenvalue weighted by Crippen LogP contribution is 2.43. The first kappa shape index (κ1) is 29.2. The number of fused-ring (bicyclic) bond motifs is 1. The fourth-order valence-corrected chi connectivity index (χ4v) is 5.90. The van der Waals surface area contributed by atoms with Gasteiger partial charge in [-0.15, -0.1) is 0 Å². The largest absolute Gasteiger partial charge is 0.444 e. The highest BCUT2D eigenvalue weighted by molar-refractivity contribution is 5.97. The summed E-state index contributed by atoms with van der Waals surface area (Å²) in [5.41, 5.74) is -0.253. The maximum atomic E-state index is 14.2. The summed E-state index contributed by atoms with van der Waals surface area (Å²) in [6.07, 6.45) is 1.72. The van der Waals surface area contributed by atoms with Gasteiger partial charge in [0.2, 0.25) is 5.95 Å². The van der Waals surface area contributed by atoms with Crippen molar-refractivity contribution in [2.75, 3.05) is 18.4 Å². The minimum atomic E-state index is -4.65. The first-order valence-corrected chi connectivity index (χ1v) is 14.2. The number of H-pyrrole nitrogens is 1. The molecule has 3 heterocycles. The first-order chi connectivity index (χ1) is 19.2. The molecule has 1 atom stereocenters. The van der Waals surface area contributed by atoms with Crippen molar-refractivity contribution in [1.29, 1.82) is 0 Å².